The third kappa shape index (κ3) is 3.89. The highest BCUT2D eigenvalue weighted by molar-refractivity contribution is 7.22. The molecule has 1 saturated heterocycles. The third-order valence-corrected chi connectivity index (χ3v) is 6.78. The van der Waals surface area contributed by atoms with E-state index in [0.29, 0.717) is 32.8 Å². The number of hydrogen-bond acceptors (Lipinski definition) is 7. The van der Waals surface area contributed by atoms with Crippen molar-refractivity contribution < 1.29 is 28.6 Å². The summed E-state index contributed by atoms with van der Waals surface area (Å²) in [7, 11) is 3.03. The lowest BCUT2D eigenvalue weighted by Crippen LogP contribution is -2.29. The van der Waals surface area contributed by atoms with Gasteiger partial charge in [0.1, 0.15) is 23.1 Å². The predicted molar refractivity (Wildman–Crippen MR) is 130 cm³/mol. The Labute approximate surface area is 203 Å². The van der Waals surface area contributed by atoms with Crippen LogP contribution in [0.4, 0.5) is 9.52 Å². The van der Waals surface area contributed by atoms with Gasteiger partial charge in [0.15, 0.2) is 5.13 Å². The number of fused-ring (bicyclic) bond motifs is 1. The van der Waals surface area contributed by atoms with E-state index in [0.717, 1.165) is 11.3 Å². The lowest BCUT2D eigenvalue weighted by Gasteiger charge is -2.23. The van der Waals surface area contributed by atoms with E-state index < -0.39 is 23.5 Å². The molecule has 1 N–H and O–H groups in total. The summed E-state index contributed by atoms with van der Waals surface area (Å²) in [6.45, 7) is 0. The number of ketones is 1. The molecule has 0 radical (unpaired) electrons. The Morgan fingerprint density at radius 1 is 1.00 bits per heavy atom. The topological polar surface area (TPSA) is 89.0 Å². The molecule has 176 valence electrons. The van der Waals surface area contributed by atoms with Gasteiger partial charge in [-0.05, 0) is 60.2 Å². The number of methoxy groups -OCH3 is 2. The minimum absolute atomic E-state index is 0.0844. The van der Waals surface area contributed by atoms with Crippen molar-refractivity contribution in [1.82, 2.24) is 4.98 Å². The fourth-order valence-electron chi connectivity index (χ4n) is 4.05. The van der Waals surface area contributed by atoms with Crippen LogP contribution in [0.3, 0.4) is 0 Å². The molecule has 7 nitrogen and oxygen atoms in total. The zero-order valence-corrected chi connectivity index (χ0v) is 19.5. The number of aromatic nitrogens is 1. The van der Waals surface area contributed by atoms with Crippen molar-refractivity contribution in [3.05, 3.63) is 89.2 Å². The zero-order valence-electron chi connectivity index (χ0n) is 18.7. The number of aliphatic hydroxyl groups excluding tert-OH is 1. The molecule has 0 unspecified atom stereocenters. The van der Waals surface area contributed by atoms with E-state index >= 15 is 0 Å². The van der Waals surface area contributed by atoms with Gasteiger partial charge >= 0.3 is 5.91 Å². The summed E-state index contributed by atoms with van der Waals surface area (Å²) in [5.74, 6) is -1.35. The molecular formula is C26H19FN2O5S. The summed E-state index contributed by atoms with van der Waals surface area (Å²) in [5.41, 5.74) is 1.30. The molecule has 35 heavy (non-hydrogen) atoms. The highest BCUT2D eigenvalue weighted by Crippen LogP contribution is 2.45. The lowest BCUT2D eigenvalue weighted by atomic mass is 9.95. The van der Waals surface area contributed by atoms with Crippen LogP contribution in [0.25, 0.3) is 16.0 Å². The molecule has 1 atom stereocenters. The number of amides is 1. The second-order valence-corrected chi connectivity index (χ2v) is 8.79. The number of thiazole rings is 1. The number of aliphatic hydroxyl groups is 1. The molecule has 3 aromatic carbocycles. The van der Waals surface area contributed by atoms with Crippen molar-refractivity contribution in [2.75, 3.05) is 19.1 Å². The Kier molecular flexibility index (Phi) is 5.70. The standard InChI is InChI=1S/C26H19FN2O5S/c1-33-17-9-6-14(7-10-17)23(30)21-22(15-4-3-5-18(12-15)34-2)29(25(32)24(21)31)26-28-19-11-8-16(27)13-20(19)35-26/h3-13,22,30H,1-2H3/b23-21+/t22-/m0/s1. The minimum atomic E-state index is -0.974. The van der Waals surface area contributed by atoms with Crippen LogP contribution in [0.2, 0.25) is 0 Å². The Morgan fingerprint density at radius 2 is 1.74 bits per heavy atom. The molecule has 5 rings (SSSR count). The monoisotopic (exact) mass is 490 g/mol. The number of carbonyl (C=O) groups is 2. The molecule has 4 aromatic rings. The fourth-order valence-corrected chi connectivity index (χ4v) is 5.07. The summed E-state index contributed by atoms with van der Waals surface area (Å²) < 4.78 is 24.8. The summed E-state index contributed by atoms with van der Waals surface area (Å²) in [6, 6.07) is 16.5. The van der Waals surface area contributed by atoms with Crippen LogP contribution in [-0.4, -0.2) is 36.0 Å². The van der Waals surface area contributed by atoms with Gasteiger partial charge in [0.2, 0.25) is 0 Å². The van der Waals surface area contributed by atoms with Crippen molar-refractivity contribution in [3.8, 4) is 11.5 Å². The van der Waals surface area contributed by atoms with E-state index in [1.54, 1.807) is 48.5 Å². The van der Waals surface area contributed by atoms with Crippen molar-refractivity contribution >= 4 is 44.1 Å². The van der Waals surface area contributed by atoms with Crippen LogP contribution >= 0.6 is 11.3 Å². The first kappa shape index (κ1) is 22.5. The highest BCUT2D eigenvalue weighted by Gasteiger charge is 2.48. The van der Waals surface area contributed by atoms with Crippen LogP contribution < -0.4 is 14.4 Å². The average molecular weight is 491 g/mol. The first-order chi connectivity index (χ1) is 16.9. The van der Waals surface area contributed by atoms with Gasteiger partial charge in [-0.2, -0.15) is 0 Å². The average Bonchev–Trinajstić information content (AvgIpc) is 3.41. The number of carbonyl (C=O) groups excluding carboxylic acids is 2. The van der Waals surface area contributed by atoms with Gasteiger partial charge in [-0.15, -0.1) is 0 Å². The maximum absolute atomic E-state index is 13.8. The largest absolute Gasteiger partial charge is 0.507 e. The second-order valence-electron chi connectivity index (χ2n) is 7.78. The zero-order chi connectivity index (χ0) is 24.7. The number of halogens is 1. The second kappa shape index (κ2) is 8.84. The Bertz CT molecular complexity index is 1500. The van der Waals surface area contributed by atoms with E-state index in [1.807, 2.05) is 0 Å². The van der Waals surface area contributed by atoms with Crippen LogP contribution in [0.15, 0.2) is 72.3 Å². The highest BCUT2D eigenvalue weighted by atomic mass is 32.1. The third-order valence-electron chi connectivity index (χ3n) is 5.76. The summed E-state index contributed by atoms with van der Waals surface area (Å²) >= 11 is 1.09. The molecule has 1 aromatic heterocycles. The molecule has 1 amide bonds. The number of Topliss-reactive ketones (excluding diaryl/α,β-unsaturated/α-hetero) is 1. The number of rotatable bonds is 5. The Balaban J connectivity index is 1.72. The Hall–Kier alpha value is -4.24. The van der Waals surface area contributed by atoms with Crippen LogP contribution in [0.5, 0.6) is 11.5 Å². The first-order valence-corrected chi connectivity index (χ1v) is 11.4. The van der Waals surface area contributed by atoms with Crippen LogP contribution in [0.1, 0.15) is 17.2 Å². The molecule has 0 spiro atoms. The molecule has 2 heterocycles. The van der Waals surface area contributed by atoms with E-state index in [9.17, 15) is 19.1 Å². The van der Waals surface area contributed by atoms with Gasteiger partial charge in [-0.3, -0.25) is 14.5 Å². The number of hydrogen-bond donors (Lipinski definition) is 1. The number of benzene rings is 3. The molecule has 1 aliphatic rings. The van der Waals surface area contributed by atoms with Gasteiger partial charge in [0.05, 0.1) is 36.1 Å². The number of anilines is 1. The van der Waals surface area contributed by atoms with Crippen LogP contribution in [-0.2, 0) is 9.59 Å². The van der Waals surface area contributed by atoms with Gasteiger partial charge in [0, 0.05) is 5.56 Å². The van der Waals surface area contributed by atoms with Crippen molar-refractivity contribution in [2.24, 2.45) is 0 Å². The summed E-state index contributed by atoms with van der Waals surface area (Å²) in [4.78, 5) is 32.3. The van der Waals surface area contributed by atoms with Crippen molar-refractivity contribution in [2.45, 2.75) is 6.04 Å². The smallest absolute Gasteiger partial charge is 0.301 e. The number of nitrogens with zero attached hydrogens (tertiary/aromatic N) is 2. The molecule has 9 heteroatoms. The van der Waals surface area contributed by atoms with Crippen LogP contribution in [0, 0.1) is 5.82 Å². The van der Waals surface area contributed by atoms with Crippen molar-refractivity contribution in [1.29, 1.82) is 0 Å². The quantitative estimate of drug-likeness (QED) is 0.239. The molecule has 1 fully saturated rings. The van der Waals surface area contributed by atoms with Gasteiger partial charge in [-0.1, -0.05) is 23.5 Å². The molecule has 0 aliphatic carbocycles. The van der Waals surface area contributed by atoms with Crippen molar-refractivity contribution in [3.63, 3.8) is 0 Å². The van der Waals surface area contributed by atoms with E-state index in [-0.39, 0.29) is 16.5 Å². The van der Waals surface area contributed by atoms with Gasteiger partial charge < -0.3 is 14.6 Å². The van der Waals surface area contributed by atoms with E-state index in [2.05, 4.69) is 4.98 Å². The first-order valence-electron chi connectivity index (χ1n) is 10.6. The SMILES string of the molecule is COc1ccc(/C(O)=C2\C(=O)C(=O)N(c3nc4ccc(F)cc4s3)[C@H]2c2cccc(OC)c2)cc1. The molecular weight excluding hydrogens is 471 g/mol. The minimum Gasteiger partial charge on any atom is -0.507 e. The number of ether oxygens (including phenoxy) is 2. The summed E-state index contributed by atoms with van der Waals surface area (Å²) in [5, 5.41) is 11.4. The fraction of sp³-hybridized carbons (Fsp3) is 0.115. The molecule has 0 bridgehead atoms. The predicted octanol–water partition coefficient (Wildman–Crippen LogP) is 5.08. The maximum atomic E-state index is 13.8. The maximum Gasteiger partial charge on any atom is 0.301 e. The lowest BCUT2D eigenvalue weighted by molar-refractivity contribution is -0.132. The molecule has 1 aliphatic heterocycles. The van der Waals surface area contributed by atoms with Gasteiger partial charge in [0.25, 0.3) is 5.78 Å². The van der Waals surface area contributed by atoms with Gasteiger partial charge in [-0.25, -0.2) is 9.37 Å². The summed E-state index contributed by atoms with van der Waals surface area (Å²) in [6.07, 6.45) is 0. The van der Waals surface area contributed by atoms with E-state index in [1.165, 1.54) is 37.3 Å². The molecule has 0 saturated carbocycles. The van der Waals surface area contributed by atoms with E-state index in [4.69, 9.17) is 9.47 Å². The Morgan fingerprint density at radius 3 is 2.46 bits per heavy atom. The normalized spacial score (nSPS) is 17.2.